The predicted molar refractivity (Wildman–Crippen MR) is 74.8 cm³/mol. The molecule has 0 aliphatic carbocycles. The molecule has 3 nitrogen and oxygen atoms in total. The Morgan fingerprint density at radius 3 is 2.57 bits per heavy atom. The molecule has 0 fully saturated rings. The third kappa shape index (κ3) is 3.55. The molecule has 7 heteroatoms. The van der Waals surface area contributed by atoms with E-state index in [1.807, 2.05) is 23.8 Å². The van der Waals surface area contributed by atoms with E-state index in [-0.39, 0.29) is 11.7 Å². The zero-order valence-corrected chi connectivity index (χ0v) is 11.8. The minimum absolute atomic E-state index is 0.173. The van der Waals surface area contributed by atoms with Crippen LogP contribution in [0.4, 0.5) is 18.9 Å². The van der Waals surface area contributed by atoms with Gasteiger partial charge in [-0.25, -0.2) is 4.79 Å². The Kier molecular flexibility index (Phi) is 4.22. The summed E-state index contributed by atoms with van der Waals surface area (Å²) in [7, 11) is 0. The van der Waals surface area contributed by atoms with Crippen LogP contribution in [-0.2, 0) is 6.18 Å². The lowest BCUT2D eigenvalue weighted by molar-refractivity contribution is -0.138. The van der Waals surface area contributed by atoms with Gasteiger partial charge < -0.3 is 10.4 Å². The molecule has 0 radical (unpaired) electrons. The topological polar surface area (TPSA) is 49.3 Å². The fourth-order valence-corrected chi connectivity index (χ4v) is 2.66. The molecule has 1 unspecified atom stereocenters. The monoisotopic (exact) mass is 315 g/mol. The molecule has 2 N–H and O–H groups in total. The summed E-state index contributed by atoms with van der Waals surface area (Å²) in [6.45, 7) is 1.82. The lowest BCUT2D eigenvalue weighted by Gasteiger charge is -2.17. The largest absolute Gasteiger partial charge is 0.478 e. The highest BCUT2D eigenvalue weighted by atomic mass is 32.1. The van der Waals surface area contributed by atoms with Crippen molar-refractivity contribution in [1.29, 1.82) is 0 Å². The van der Waals surface area contributed by atoms with Gasteiger partial charge in [-0.05, 0) is 47.5 Å². The van der Waals surface area contributed by atoms with Crippen molar-refractivity contribution in [2.75, 3.05) is 5.32 Å². The van der Waals surface area contributed by atoms with Crippen molar-refractivity contribution in [3.8, 4) is 0 Å². The second-order valence-corrected chi connectivity index (χ2v) is 5.27. The molecule has 1 heterocycles. The Labute approximate surface area is 123 Å². The number of nitrogens with one attached hydrogen (secondary N) is 1. The fourth-order valence-electron chi connectivity index (χ4n) is 1.91. The molecule has 0 aliphatic rings. The third-order valence-corrected chi connectivity index (χ3v) is 3.68. The Balaban J connectivity index is 2.32. The summed E-state index contributed by atoms with van der Waals surface area (Å²) in [5.41, 5.74) is -0.726. The molecule has 112 valence electrons. The highest BCUT2D eigenvalue weighted by molar-refractivity contribution is 7.07. The normalized spacial score (nSPS) is 13.0. The van der Waals surface area contributed by atoms with Gasteiger partial charge in [0.2, 0.25) is 0 Å². The van der Waals surface area contributed by atoms with Gasteiger partial charge in [-0.15, -0.1) is 0 Å². The molecule has 0 bridgehead atoms. The molecule has 0 saturated heterocycles. The summed E-state index contributed by atoms with van der Waals surface area (Å²) in [5.74, 6) is -1.60. The Hall–Kier alpha value is -2.02. The summed E-state index contributed by atoms with van der Waals surface area (Å²) >= 11 is 1.49. The van der Waals surface area contributed by atoms with E-state index in [9.17, 15) is 18.0 Å². The van der Waals surface area contributed by atoms with Crippen LogP contribution in [0.3, 0.4) is 0 Å². The highest BCUT2D eigenvalue weighted by Gasteiger charge is 2.35. The van der Waals surface area contributed by atoms with Crippen LogP contribution >= 0.6 is 11.3 Å². The molecule has 0 spiro atoms. The van der Waals surface area contributed by atoms with Crippen LogP contribution in [0.1, 0.15) is 34.5 Å². The van der Waals surface area contributed by atoms with Crippen molar-refractivity contribution in [2.45, 2.75) is 19.1 Å². The molecule has 21 heavy (non-hydrogen) atoms. The average Bonchev–Trinajstić information content (AvgIpc) is 2.91. The first-order valence-electron chi connectivity index (χ1n) is 6.02. The van der Waals surface area contributed by atoms with E-state index in [4.69, 9.17) is 5.11 Å². The number of rotatable bonds is 4. The van der Waals surface area contributed by atoms with Crippen molar-refractivity contribution >= 4 is 23.0 Å². The number of benzene rings is 1. The van der Waals surface area contributed by atoms with Crippen LogP contribution in [0.5, 0.6) is 0 Å². The van der Waals surface area contributed by atoms with Gasteiger partial charge >= 0.3 is 12.1 Å². The summed E-state index contributed by atoms with van der Waals surface area (Å²) in [5, 5.41) is 15.5. The maximum atomic E-state index is 12.9. The maximum Gasteiger partial charge on any atom is 0.417 e. The zero-order chi connectivity index (χ0) is 15.6. The zero-order valence-electron chi connectivity index (χ0n) is 10.9. The van der Waals surface area contributed by atoms with Crippen LogP contribution < -0.4 is 5.32 Å². The molecule has 2 aromatic rings. The number of alkyl halides is 3. The first-order chi connectivity index (χ1) is 9.79. The molecule has 1 atom stereocenters. The number of aromatic carboxylic acids is 1. The first kappa shape index (κ1) is 15.4. The van der Waals surface area contributed by atoms with Gasteiger partial charge in [0.05, 0.1) is 11.1 Å². The SMILES string of the molecule is CC(Nc1ccc(C(=O)O)c(C(F)(F)F)c1)c1ccsc1. The molecule has 2 rings (SSSR count). The summed E-state index contributed by atoms with van der Waals surface area (Å²) < 4.78 is 38.7. The van der Waals surface area contributed by atoms with Gasteiger partial charge in [-0.2, -0.15) is 24.5 Å². The van der Waals surface area contributed by atoms with Crippen molar-refractivity contribution in [2.24, 2.45) is 0 Å². The van der Waals surface area contributed by atoms with Gasteiger partial charge in [0.25, 0.3) is 0 Å². The Morgan fingerprint density at radius 1 is 1.33 bits per heavy atom. The lowest BCUT2D eigenvalue weighted by atomic mass is 10.1. The van der Waals surface area contributed by atoms with Crippen LogP contribution in [-0.4, -0.2) is 11.1 Å². The molecule has 0 aliphatic heterocycles. The van der Waals surface area contributed by atoms with Crippen LogP contribution in [0.25, 0.3) is 0 Å². The van der Waals surface area contributed by atoms with Gasteiger partial charge in [0.15, 0.2) is 0 Å². The van der Waals surface area contributed by atoms with Gasteiger partial charge in [-0.1, -0.05) is 0 Å². The van der Waals surface area contributed by atoms with Crippen LogP contribution in [0, 0.1) is 0 Å². The van der Waals surface area contributed by atoms with Crippen molar-refractivity contribution in [3.05, 3.63) is 51.7 Å². The number of carboxylic acid groups (broad SMARTS) is 1. The minimum atomic E-state index is -4.71. The van der Waals surface area contributed by atoms with Gasteiger partial charge in [0.1, 0.15) is 0 Å². The van der Waals surface area contributed by atoms with E-state index in [2.05, 4.69) is 5.32 Å². The number of anilines is 1. The number of carbonyl (C=O) groups is 1. The van der Waals surface area contributed by atoms with E-state index in [1.165, 1.54) is 17.4 Å². The van der Waals surface area contributed by atoms with Gasteiger partial charge in [0, 0.05) is 11.7 Å². The number of thiophene rings is 1. The van der Waals surface area contributed by atoms with Gasteiger partial charge in [-0.3, -0.25) is 0 Å². The van der Waals surface area contributed by atoms with E-state index in [1.54, 1.807) is 0 Å². The lowest BCUT2D eigenvalue weighted by Crippen LogP contribution is -2.14. The maximum absolute atomic E-state index is 12.9. The predicted octanol–water partition coefficient (Wildman–Crippen LogP) is 4.64. The second kappa shape index (κ2) is 5.77. The second-order valence-electron chi connectivity index (χ2n) is 4.49. The van der Waals surface area contributed by atoms with Crippen molar-refractivity contribution < 1.29 is 23.1 Å². The van der Waals surface area contributed by atoms with E-state index >= 15 is 0 Å². The summed E-state index contributed by atoms with van der Waals surface area (Å²) in [4.78, 5) is 10.9. The number of halogens is 3. The first-order valence-corrected chi connectivity index (χ1v) is 6.96. The van der Waals surface area contributed by atoms with E-state index < -0.39 is 23.3 Å². The number of hydrogen-bond donors (Lipinski definition) is 2. The van der Waals surface area contributed by atoms with E-state index in [0.29, 0.717) is 0 Å². The molecule has 1 aromatic carbocycles. The Bertz CT molecular complexity index is 638. The third-order valence-electron chi connectivity index (χ3n) is 2.98. The molecule has 0 saturated carbocycles. The standard InChI is InChI=1S/C14H12F3NO2S/c1-8(9-4-5-21-7-9)18-10-2-3-11(13(19)20)12(6-10)14(15,16)17/h2-8,18H,1H3,(H,19,20). The number of hydrogen-bond acceptors (Lipinski definition) is 3. The molecule has 1 aromatic heterocycles. The van der Waals surface area contributed by atoms with E-state index in [0.717, 1.165) is 17.7 Å². The average molecular weight is 315 g/mol. The smallest absolute Gasteiger partial charge is 0.417 e. The minimum Gasteiger partial charge on any atom is -0.478 e. The quantitative estimate of drug-likeness (QED) is 0.864. The van der Waals surface area contributed by atoms with Crippen molar-refractivity contribution in [1.82, 2.24) is 0 Å². The van der Waals surface area contributed by atoms with Crippen LogP contribution in [0.2, 0.25) is 0 Å². The highest BCUT2D eigenvalue weighted by Crippen LogP contribution is 2.34. The molecular weight excluding hydrogens is 303 g/mol. The fraction of sp³-hybridized carbons (Fsp3) is 0.214. The van der Waals surface area contributed by atoms with Crippen LogP contribution in [0.15, 0.2) is 35.0 Å². The molecule has 0 amide bonds. The van der Waals surface area contributed by atoms with Crippen molar-refractivity contribution in [3.63, 3.8) is 0 Å². The summed E-state index contributed by atoms with van der Waals surface area (Å²) in [6, 6.07) is 4.83. The summed E-state index contributed by atoms with van der Waals surface area (Å²) in [6.07, 6.45) is -4.71. The molecular formula is C14H12F3NO2S. The number of carboxylic acids is 1. The Morgan fingerprint density at radius 2 is 2.05 bits per heavy atom.